The van der Waals surface area contributed by atoms with Gasteiger partial charge in [-0.25, -0.2) is 0 Å². The Kier molecular flexibility index (Phi) is 3.22. The first-order valence-corrected chi connectivity index (χ1v) is 3.73. The predicted octanol–water partition coefficient (Wildman–Crippen LogP) is -1.56. The summed E-state index contributed by atoms with van der Waals surface area (Å²) in [7, 11) is -0.386. The highest BCUT2D eigenvalue weighted by Gasteiger charge is 2.35. The van der Waals surface area contributed by atoms with Gasteiger partial charge in [-0.1, -0.05) is 0 Å². The highest BCUT2D eigenvalue weighted by atomic mass is 16.6. The van der Waals surface area contributed by atoms with Gasteiger partial charge in [0.15, 0.2) is 6.29 Å². The van der Waals surface area contributed by atoms with E-state index in [1.807, 2.05) is 0 Å². The smallest absolute Gasteiger partial charge is 0.409 e. The minimum absolute atomic E-state index is 0.202. The van der Waals surface area contributed by atoms with Crippen LogP contribution >= 0.6 is 0 Å². The van der Waals surface area contributed by atoms with Gasteiger partial charge >= 0.3 is 7.12 Å². The summed E-state index contributed by atoms with van der Waals surface area (Å²) in [4.78, 5) is 10.1. The van der Waals surface area contributed by atoms with E-state index in [0.717, 1.165) is 0 Å². The number of hydrogen-bond acceptors (Lipinski definition) is 5. The van der Waals surface area contributed by atoms with Gasteiger partial charge in [0, 0.05) is 0 Å². The van der Waals surface area contributed by atoms with Crippen molar-refractivity contribution in [3.8, 4) is 0 Å². The van der Waals surface area contributed by atoms with Gasteiger partial charge in [0.05, 0.1) is 12.7 Å². The van der Waals surface area contributed by atoms with Crippen LogP contribution in [0.1, 0.15) is 0 Å². The lowest BCUT2D eigenvalue weighted by Gasteiger charge is -2.18. The fourth-order valence-electron chi connectivity index (χ4n) is 1.03. The van der Waals surface area contributed by atoms with E-state index in [1.165, 1.54) is 0 Å². The first kappa shape index (κ1) is 9.66. The predicted molar refractivity (Wildman–Crippen MR) is 40.5 cm³/mol. The maximum absolute atomic E-state index is 10.1. The molecule has 0 radical (unpaired) electrons. The van der Waals surface area contributed by atoms with Crippen LogP contribution in [0.3, 0.4) is 0 Å². The molecule has 1 fully saturated rings. The number of carbonyl (C=O) groups excluding carboxylic acids is 1. The second-order valence-electron chi connectivity index (χ2n) is 2.69. The van der Waals surface area contributed by atoms with Crippen LogP contribution in [0.15, 0.2) is 0 Å². The average Bonchev–Trinajstić information content (AvgIpc) is 2.49. The van der Waals surface area contributed by atoms with Crippen molar-refractivity contribution in [1.29, 1.82) is 0 Å². The van der Waals surface area contributed by atoms with Gasteiger partial charge in [0.25, 0.3) is 0 Å². The molecule has 12 heavy (non-hydrogen) atoms. The third-order valence-electron chi connectivity index (χ3n) is 1.73. The molecule has 1 heterocycles. The monoisotopic (exact) mass is 174 g/mol. The Morgan fingerprint density at radius 1 is 1.67 bits per heavy atom. The van der Waals surface area contributed by atoms with Crippen LogP contribution in [0.25, 0.3) is 0 Å². The third kappa shape index (κ3) is 2.04. The highest BCUT2D eigenvalue weighted by molar-refractivity contribution is 6.43. The van der Waals surface area contributed by atoms with Gasteiger partial charge in [0.2, 0.25) is 0 Å². The second kappa shape index (κ2) is 4.00. The van der Waals surface area contributed by atoms with Crippen LogP contribution in [0, 0.1) is 0 Å². The van der Waals surface area contributed by atoms with Crippen LogP contribution in [0.4, 0.5) is 0 Å². The van der Waals surface area contributed by atoms with Crippen LogP contribution in [0.5, 0.6) is 0 Å². The first-order valence-electron chi connectivity index (χ1n) is 3.73. The molecular weight excluding hydrogens is 163 g/mol. The molecule has 6 heteroatoms. The van der Waals surface area contributed by atoms with E-state index >= 15 is 0 Å². The molecule has 0 amide bonds. The van der Waals surface area contributed by atoms with Crippen molar-refractivity contribution >= 4 is 13.4 Å². The second-order valence-corrected chi connectivity index (χ2v) is 2.69. The Labute approximate surface area is 70.4 Å². The lowest BCUT2D eigenvalue weighted by molar-refractivity contribution is -0.124. The molecule has 1 aliphatic rings. The lowest BCUT2D eigenvalue weighted by atomic mass is 9.97. The summed E-state index contributed by atoms with van der Waals surface area (Å²) in [6, 6.07) is 0. The Morgan fingerprint density at radius 3 is 2.75 bits per heavy atom. The summed E-state index contributed by atoms with van der Waals surface area (Å²) in [5.74, 6) is 0. The molecule has 1 rings (SSSR count). The quantitative estimate of drug-likeness (QED) is 0.399. The summed E-state index contributed by atoms with van der Waals surface area (Å²) in [6.07, 6.45) is -2.94. The molecule has 5 nitrogen and oxygen atoms in total. The van der Waals surface area contributed by atoms with Crippen molar-refractivity contribution in [1.82, 2.24) is 0 Å². The van der Waals surface area contributed by atoms with E-state index in [0.29, 0.717) is 0 Å². The molecule has 0 aromatic carbocycles. The summed E-state index contributed by atoms with van der Waals surface area (Å²) < 4.78 is 10.0. The van der Waals surface area contributed by atoms with Crippen molar-refractivity contribution < 1.29 is 24.3 Å². The number of hydrogen-bond donors (Lipinski definition) is 2. The molecular formula is C6H11BO5. The maximum atomic E-state index is 10.1. The molecule has 0 aromatic heterocycles. The zero-order chi connectivity index (χ0) is 9.14. The van der Waals surface area contributed by atoms with Gasteiger partial charge in [-0.3, -0.25) is 0 Å². The summed E-state index contributed by atoms with van der Waals surface area (Å²) in [5.41, 5.74) is 0. The van der Waals surface area contributed by atoms with Crippen LogP contribution in [0.2, 0.25) is 6.82 Å². The van der Waals surface area contributed by atoms with Gasteiger partial charge in [0.1, 0.15) is 12.2 Å². The molecule has 1 saturated heterocycles. The minimum atomic E-state index is -1.40. The van der Waals surface area contributed by atoms with Crippen LogP contribution < -0.4 is 0 Å². The molecule has 0 saturated carbocycles. The van der Waals surface area contributed by atoms with Crippen LogP contribution in [-0.2, 0) is 14.1 Å². The maximum Gasteiger partial charge on any atom is 0.453 e. The minimum Gasteiger partial charge on any atom is -0.409 e. The van der Waals surface area contributed by atoms with Crippen molar-refractivity contribution in [2.45, 2.75) is 25.1 Å². The standard InChI is InChI=1S/C6H11BO5/c1-7-11-3-5(12-7)6(10)4(9)2-8/h2,4-6,9-10H,3H2,1H3/t4-,5?,6+/m1/s1. The highest BCUT2D eigenvalue weighted by Crippen LogP contribution is 2.13. The van der Waals surface area contributed by atoms with Crippen molar-refractivity contribution in [3.05, 3.63) is 0 Å². The van der Waals surface area contributed by atoms with Gasteiger partial charge in [-0.15, -0.1) is 0 Å². The lowest BCUT2D eigenvalue weighted by Crippen LogP contribution is -2.39. The van der Waals surface area contributed by atoms with Crippen molar-refractivity contribution in [2.75, 3.05) is 6.61 Å². The fraction of sp³-hybridized carbons (Fsp3) is 0.833. The summed E-state index contributed by atoms with van der Waals surface area (Å²) in [6.45, 7) is 1.88. The van der Waals surface area contributed by atoms with E-state index in [1.54, 1.807) is 6.82 Å². The van der Waals surface area contributed by atoms with Crippen molar-refractivity contribution in [3.63, 3.8) is 0 Å². The van der Waals surface area contributed by atoms with E-state index in [9.17, 15) is 9.90 Å². The number of aldehydes is 1. The molecule has 0 aliphatic carbocycles. The van der Waals surface area contributed by atoms with Crippen molar-refractivity contribution in [2.24, 2.45) is 0 Å². The Balaban J connectivity index is 2.42. The Morgan fingerprint density at radius 2 is 2.33 bits per heavy atom. The average molecular weight is 174 g/mol. The molecule has 0 spiro atoms. The van der Waals surface area contributed by atoms with Crippen LogP contribution in [-0.4, -0.2) is 48.5 Å². The zero-order valence-corrected chi connectivity index (χ0v) is 6.71. The molecule has 3 atom stereocenters. The Bertz CT molecular complexity index is 164. The SMILES string of the molecule is CB1OCC([C@@H](O)[C@H](O)C=O)O1. The molecule has 0 aromatic rings. The van der Waals surface area contributed by atoms with E-state index < -0.39 is 18.3 Å². The zero-order valence-electron chi connectivity index (χ0n) is 6.71. The first-order chi connectivity index (χ1) is 5.65. The van der Waals surface area contributed by atoms with E-state index in [4.69, 9.17) is 14.4 Å². The third-order valence-corrected chi connectivity index (χ3v) is 1.73. The van der Waals surface area contributed by atoms with Gasteiger partial charge in [-0.05, 0) is 6.82 Å². The molecule has 2 N–H and O–H groups in total. The van der Waals surface area contributed by atoms with E-state index in [-0.39, 0.29) is 20.0 Å². The number of aliphatic hydroxyl groups excluding tert-OH is 2. The molecule has 68 valence electrons. The van der Waals surface area contributed by atoms with Gasteiger partial charge < -0.3 is 24.3 Å². The molecule has 1 aliphatic heterocycles. The summed E-state index contributed by atoms with van der Waals surface area (Å²) in [5, 5.41) is 18.2. The Hall–Kier alpha value is -0.425. The molecule has 0 bridgehead atoms. The normalized spacial score (nSPS) is 28.6. The number of rotatable bonds is 3. The fourth-order valence-corrected chi connectivity index (χ4v) is 1.03. The number of aliphatic hydroxyl groups is 2. The largest absolute Gasteiger partial charge is 0.453 e. The topological polar surface area (TPSA) is 76.0 Å². The summed E-state index contributed by atoms with van der Waals surface area (Å²) >= 11 is 0. The number of carbonyl (C=O) groups is 1. The van der Waals surface area contributed by atoms with E-state index in [2.05, 4.69) is 0 Å². The van der Waals surface area contributed by atoms with Gasteiger partial charge in [-0.2, -0.15) is 0 Å². The molecule has 1 unspecified atom stereocenters.